The van der Waals surface area contributed by atoms with Crippen molar-refractivity contribution in [2.45, 2.75) is 70.9 Å². The molecule has 6 nitrogen and oxygen atoms in total. The van der Waals surface area contributed by atoms with Gasteiger partial charge in [0.25, 0.3) is 5.56 Å². The fraction of sp³-hybridized carbons (Fsp3) is 0.480. The topological polar surface area (TPSA) is 64.3 Å². The maximum absolute atomic E-state index is 13.7. The molecule has 0 spiro atoms. The van der Waals surface area contributed by atoms with Crippen LogP contribution in [0.25, 0.3) is 15.9 Å². The predicted molar refractivity (Wildman–Crippen MR) is 133 cm³/mol. The Morgan fingerprint density at radius 3 is 2.58 bits per heavy atom. The molecule has 8 heteroatoms. The van der Waals surface area contributed by atoms with Gasteiger partial charge in [0.1, 0.15) is 11.4 Å². The maximum Gasteiger partial charge on any atom is 0.337 e. The standard InChI is InChI=1S/C25H28ClN3O3S/c1-16-7-5-6-14-27(16)21(30)15-28-24-22(19-8-3-2-4-9-20(19)33-24)23(31)29(25(28)32)18-12-10-17(26)11-13-18/h10-13,16H,2-9,14-15H2,1H3/t16-/m1/s1. The fourth-order valence-electron chi connectivity index (χ4n) is 5.20. The van der Waals surface area contributed by atoms with Crippen molar-refractivity contribution in [2.75, 3.05) is 6.54 Å². The highest BCUT2D eigenvalue weighted by atomic mass is 35.5. The number of fused-ring (bicyclic) bond motifs is 3. The van der Waals surface area contributed by atoms with Crippen molar-refractivity contribution in [3.8, 4) is 5.69 Å². The van der Waals surface area contributed by atoms with Crippen LogP contribution in [0, 0.1) is 0 Å². The van der Waals surface area contributed by atoms with E-state index in [1.807, 2.05) is 4.90 Å². The molecule has 2 aliphatic rings. The van der Waals surface area contributed by atoms with Crippen molar-refractivity contribution in [2.24, 2.45) is 0 Å². The first kappa shape index (κ1) is 22.4. The second kappa shape index (κ2) is 9.11. The van der Waals surface area contributed by atoms with Crippen molar-refractivity contribution >= 4 is 39.1 Å². The average Bonchev–Trinajstić information content (AvgIpc) is 3.01. The first-order valence-corrected chi connectivity index (χ1v) is 13.0. The second-order valence-electron chi connectivity index (χ2n) is 9.16. The van der Waals surface area contributed by atoms with E-state index in [0.29, 0.717) is 20.9 Å². The molecule has 3 heterocycles. The number of benzene rings is 1. The van der Waals surface area contributed by atoms with E-state index in [4.69, 9.17) is 11.6 Å². The molecule has 5 rings (SSSR count). The number of nitrogens with zero attached hydrogens (tertiary/aromatic N) is 3. The van der Waals surface area contributed by atoms with Crippen LogP contribution in [-0.4, -0.2) is 32.5 Å². The van der Waals surface area contributed by atoms with E-state index in [1.54, 1.807) is 24.3 Å². The summed E-state index contributed by atoms with van der Waals surface area (Å²) in [5, 5.41) is 1.14. The van der Waals surface area contributed by atoms with Gasteiger partial charge in [0.2, 0.25) is 5.91 Å². The van der Waals surface area contributed by atoms with Gasteiger partial charge in [-0.3, -0.25) is 14.2 Å². The normalized spacial score (nSPS) is 18.8. The summed E-state index contributed by atoms with van der Waals surface area (Å²) in [4.78, 5) is 44.4. The van der Waals surface area contributed by atoms with Crippen molar-refractivity contribution < 1.29 is 4.79 Å². The van der Waals surface area contributed by atoms with E-state index in [0.717, 1.165) is 63.5 Å². The number of thiophene rings is 1. The minimum atomic E-state index is -0.468. The van der Waals surface area contributed by atoms with Crippen LogP contribution in [-0.2, 0) is 24.2 Å². The molecule has 1 aliphatic carbocycles. The minimum absolute atomic E-state index is 0.0487. The Labute approximate surface area is 201 Å². The van der Waals surface area contributed by atoms with E-state index in [1.165, 1.54) is 25.3 Å². The molecule has 0 bridgehead atoms. The van der Waals surface area contributed by atoms with Gasteiger partial charge >= 0.3 is 5.69 Å². The van der Waals surface area contributed by atoms with Crippen LogP contribution in [0.15, 0.2) is 33.9 Å². The van der Waals surface area contributed by atoms with Gasteiger partial charge in [0, 0.05) is 22.5 Å². The van der Waals surface area contributed by atoms with Crippen molar-refractivity contribution in [3.05, 3.63) is 60.6 Å². The fourth-order valence-corrected chi connectivity index (χ4v) is 6.70. The van der Waals surface area contributed by atoms with Gasteiger partial charge in [-0.2, -0.15) is 0 Å². The zero-order valence-corrected chi connectivity index (χ0v) is 20.4. The molecule has 2 aromatic heterocycles. The van der Waals surface area contributed by atoms with Gasteiger partial charge < -0.3 is 4.90 Å². The van der Waals surface area contributed by atoms with Crippen LogP contribution in [0.3, 0.4) is 0 Å². The zero-order valence-electron chi connectivity index (χ0n) is 18.8. The highest BCUT2D eigenvalue weighted by Crippen LogP contribution is 2.34. The van der Waals surface area contributed by atoms with Crippen LogP contribution in [0.4, 0.5) is 0 Å². The summed E-state index contributed by atoms with van der Waals surface area (Å²) < 4.78 is 2.75. The van der Waals surface area contributed by atoms with E-state index in [9.17, 15) is 14.4 Å². The number of hydrogen-bond donors (Lipinski definition) is 0. The minimum Gasteiger partial charge on any atom is -0.338 e. The molecule has 0 saturated carbocycles. The summed E-state index contributed by atoms with van der Waals surface area (Å²) in [5.74, 6) is -0.0597. The quantitative estimate of drug-likeness (QED) is 0.512. The van der Waals surface area contributed by atoms with Gasteiger partial charge in [-0.05, 0) is 81.7 Å². The Bertz CT molecular complexity index is 1320. The van der Waals surface area contributed by atoms with Crippen molar-refractivity contribution in [3.63, 3.8) is 0 Å². The Morgan fingerprint density at radius 1 is 1.06 bits per heavy atom. The predicted octanol–water partition coefficient (Wildman–Crippen LogP) is 4.54. The number of likely N-dealkylation sites (tertiary alicyclic amines) is 1. The number of aromatic nitrogens is 2. The number of rotatable bonds is 3. The first-order chi connectivity index (χ1) is 16.0. The Hall–Kier alpha value is -2.38. The lowest BCUT2D eigenvalue weighted by atomic mass is 10.0. The maximum atomic E-state index is 13.7. The smallest absolute Gasteiger partial charge is 0.337 e. The second-order valence-corrected chi connectivity index (χ2v) is 10.7. The van der Waals surface area contributed by atoms with Crippen LogP contribution >= 0.6 is 22.9 Å². The molecular formula is C25H28ClN3O3S. The zero-order chi connectivity index (χ0) is 23.1. The van der Waals surface area contributed by atoms with Crippen LogP contribution < -0.4 is 11.2 Å². The Morgan fingerprint density at radius 2 is 1.82 bits per heavy atom. The van der Waals surface area contributed by atoms with Crippen molar-refractivity contribution in [1.29, 1.82) is 0 Å². The Balaban J connectivity index is 1.71. The molecule has 1 amide bonds. The lowest BCUT2D eigenvalue weighted by Crippen LogP contribution is -2.46. The molecule has 0 unspecified atom stereocenters. The summed E-state index contributed by atoms with van der Waals surface area (Å²) in [6, 6.07) is 6.87. The molecule has 0 radical (unpaired) electrons. The summed E-state index contributed by atoms with van der Waals surface area (Å²) in [5.41, 5.74) is 0.765. The van der Waals surface area contributed by atoms with Gasteiger partial charge in [-0.25, -0.2) is 9.36 Å². The summed E-state index contributed by atoms with van der Waals surface area (Å²) in [7, 11) is 0. The highest BCUT2D eigenvalue weighted by Gasteiger charge is 2.27. The molecular weight excluding hydrogens is 458 g/mol. The molecule has 3 aromatic rings. The number of carbonyl (C=O) groups excluding carboxylic acids is 1. The van der Waals surface area contributed by atoms with Gasteiger partial charge in [0.05, 0.1) is 11.1 Å². The highest BCUT2D eigenvalue weighted by molar-refractivity contribution is 7.18. The third-order valence-corrected chi connectivity index (χ3v) is 8.56. The summed E-state index contributed by atoms with van der Waals surface area (Å²) in [6.45, 7) is 2.74. The number of hydrogen-bond acceptors (Lipinski definition) is 4. The molecule has 1 aromatic carbocycles. The first-order valence-electron chi connectivity index (χ1n) is 11.8. The molecule has 0 N–H and O–H groups in total. The lowest BCUT2D eigenvalue weighted by molar-refractivity contribution is -0.135. The van der Waals surface area contributed by atoms with E-state index >= 15 is 0 Å². The van der Waals surface area contributed by atoms with E-state index in [2.05, 4.69) is 6.92 Å². The van der Waals surface area contributed by atoms with Crippen LogP contribution in [0.5, 0.6) is 0 Å². The van der Waals surface area contributed by atoms with Crippen LogP contribution in [0.2, 0.25) is 5.02 Å². The molecule has 174 valence electrons. The average molecular weight is 486 g/mol. The van der Waals surface area contributed by atoms with Gasteiger partial charge in [-0.1, -0.05) is 18.0 Å². The monoisotopic (exact) mass is 485 g/mol. The molecule has 1 atom stereocenters. The molecule has 33 heavy (non-hydrogen) atoms. The van der Waals surface area contributed by atoms with Crippen LogP contribution in [0.1, 0.15) is 55.9 Å². The SMILES string of the molecule is C[C@@H]1CCCCN1C(=O)Cn1c(=O)n(-c2ccc(Cl)cc2)c(=O)c2c3c(sc21)CCCCC3. The number of halogens is 1. The largest absolute Gasteiger partial charge is 0.338 e. The summed E-state index contributed by atoms with van der Waals surface area (Å²) in [6.07, 6.45) is 8.09. The molecule has 1 aliphatic heterocycles. The summed E-state index contributed by atoms with van der Waals surface area (Å²) >= 11 is 7.57. The number of carbonyl (C=O) groups is 1. The molecule has 1 fully saturated rings. The number of aryl methyl sites for hydroxylation is 2. The lowest BCUT2D eigenvalue weighted by Gasteiger charge is -2.33. The third-order valence-electron chi connectivity index (χ3n) is 6.99. The van der Waals surface area contributed by atoms with Gasteiger partial charge in [-0.15, -0.1) is 11.3 Å². The number of amides is 1. The van der Waals surface area contributed by atoms with E-state index < -0.39 is 5.69 Å². The molecule has 1 saturated heterocycles. The van der Waals surface area contributed by atoms with Crippen molar-refractivity contribution in [1.82, 2.24) is 14.0 Å². The Kier molecular flexibility index (Phi) is 6.18. The third kappa shape index (κ3) is 4.06. The number of piperidine rings is 1. The van der Waals surface area contributed by atoms with E-state index in [-0.39, 0.29) is 24.1 Å². The van der Waals surface area contributed by atoms with Gasteiger partial charge in [0.15, 0.2) is 0 Å².